The number of halogens is 3. The molecule has 1 heterocycles. The number of nitrogens with zero attached hydrogens (tertiary/aromatic N) is 1. The molecule has 1 aromatic carbocycles. The lowest BCUT2D eigenvalue weighted by molar-refractivity contribution is 0.396. The summed E-state index contributed by atoms with van der Waals surface area (Å²) in [5, 5.41) is 0. The molecule has 0 bridgehead atoms. The second kappa shape index (κ2) is 4.32. The molecule has 88 valence electrons. The van der Waals surface area contributed by atoms with Crippen LogP contribution in [0.25, 0.3) is 0 Å². The molecule has 0 spiro atoms. The van der Waals surface area contributed by atoms with Crippen LogP contribution >= 0.6 is 0 Å². The Hall–Kier alpha value is -2.24. The number of pyridine rings is 1. The minimum atomic E-state index is -1.03. The molecule has 0 radical (unpaired) electrons. The third-order valence-corrected chi connectivity index (χ3v) is 1.97. The number of ether oxygens (including phenoxy) is 1. The first-order chi connectivity index (χ1) is 8.08. The molecule has 0 aliphatic heterocycles. The molecule has 0 aliphatic carbocycles. The number of anilines is 1. The van der Waals surface area contributed by atoms with Crippen LogP contribution in [-0.2, 0) is 0 Å². The molecule has 1 aromatic heterocycles. The first-order valence-electron chi connectivity index (χ1n) is 4.61. The zero-order valence-electron chi connectivity index (χ0n) is 8.45. The van der Waals surface area contributed by atoms with Gasteiger partial charge in [-0.15, -0.1) is 0 Å². The lowest BCUT2D eigenvalue weighted by atomic mass is 10.3. The summed E-state index contributed by atoms with van der Waals surface area (Å²) < 4.78 is 44.0. The third kappa shape index (κ3) is 2.30. The second-order valence-corrected chi connectivity index (χ2v) is 3.20. The van der Waals surface area contributed by atoms with Crippen molar-refractivity contribution >= 4 is 5.69 Å². The Morgan fingerprint density at radius 3 is 2.53 bits per heavy atom. The lowest BCUT2D eigenvalue weighted by Crippen LogP contribution is -1.98. The maximum absolute atomic E-state index is 13.3. The highest BCUT2D eigenvalue weighted by molar-refractivity contribution is 5.54. The Bertz CT molecular complexity index is 540. The molecule has 2 aromatic rings. The SMILES string of the molecule is Nc1cccc(F)c1Oc1ncc(F)cc1F. The summed E-state index contributed by atoms with van der Waals surface area (Å²) >= 11 is 0. The Morgan fingerprint density at radius 1 is 1.12 bits per heavy atom. The topological polar surface area (TPSA) is 48.1 Å². The minimum absolute atomic E-state index is 0.00414. The van der Waals surface area contributed by atoms with E-state index in [1.807, 2.05) is 0 Å². The summed E-state index contributed by atoms with van der Waals surface area (Å²) in [6.45, 7) is 0. The van der Waals surface area contributed by atoms with Gasteiger partial charge in [0.25, 0.3) is 5.88 Å². The van der Waals surface area contributed by atoms with Crippen LogP contribution in [0.4, 0.5) is 18.9 Å². The van der Waals surface area contributed by atoms with Gasteiger partial charge in [0.2, 0.25) is 0 Å². The van der Waals surface area contributed by atoms with E-state index in [2.05, 4.69) is 4.98 Å². The molecule has 0 atom stereocenters. The number of aromatic nitrogens is 1. The fourth-order valence-electron chi connectivity index (χ4n) is 1.21. The van der Waals surface area contributed by atoms with Gasteiger partial charge in [-0.1, -0.05) is 6.07 Å². The van der Waals surface area contributed by atoms with E-state index >= 15 is 0 Å². The van der Waals surface area contributed by atoms with Gasteiger partial charge >= 0.3 is 0 Å². The Morgan fingerprint density at radius 2 is 1.88 bits per heavy atom. The van der Waals surface area contributed by atoms with E-state index in [1.54, 1.807) is 0 Å². The second-order valence-electron chi connectivity index (χ2n) is 3.20. The van der Waals surface area contributed by atoms with Crippen LogP contribution in [-0.4, -0.2) is 4.98 Å². The van der Waals surface area contributed by atoms with Crippen molar-refractivity contribution in [2.45, 2.75) is 0 Å². The van der Waals surface area contributed by atoms with Crippen LogP contribution < -0.4 is 10.5 Å². The molecule has 0 unspecified atom stereocenters. The molecule has 0 fully saturated rings. The number of benzene rings is 1. The average molecular weight is 240 g/mol. The summed E-state index contributed by atoms with van der Waals surface area (Å²) in [4.78, 5) is 3.36. The number of nitrogens with two attached hydrogens (primary N) is 1. The zero-order valence-corrected chi connectivity index (χ0v) is 8.45. The molecule has 2 rings (SSSR count). The summed E-state index contributed by atoms with van der Waals surface area (Å²) in [7, 11) is 0. The molecule has 0 aliphatic rings. The third-order valence-electron chi connectivity index (χ3n) is 1.97. The average Bonchev–Trinajstić information content (AvgIpc) is 2.26. The van der Waals surface area contributed by atoms with Crippen LogP contribution in [0.1, 0.15) is 0 Å². The van der Waals surface area contributed by atoms with E-state index in [1.165, 1.54) is 12.1 Å². The molecule has 2 N–H and O–H groups in total. The van der Waals surface area contributed by atoms with Crippen LogP contribution in [0.15, 0.2) is 30.5 Å². The van der Waals surface area contributed by atoms with Crippen molar-refractivity contribution in [2.75, 3.05) is 5.73 Å². The highest BCUT2D eigenvalue weighted by Gasteiger charge is 2.13. The Labute approximate surface area is 94.7 Å². The minimum Gasteiger partial charge on any atom is -0.431 e. The van der Waals surface area contributed by atoms with Crippen LogP contribution in [0.3, 0.4) is 0 Å². The highest BCUT2D eigenvalue weighted by Crippen LogP contribution is 2.30. The Kier molecular flexibility index (Phi) is 2.86. The first kappa shape index (κ1) is 11.3. The molecule has 17 heavy (non-hydrogen) atoms. The predicted octanol–water partition coefficient (Wildman–Crippen LogP) is 2.87. The van der Waals surface area contributed by atoms with Crippen LogP contribution in [0.2, 0.25) is 0 Å². The van der Waals surface area contributed by atoms with Gasteiger partial charge in [0, 0.05) is 6.07 Å². The number of hydrogen-bond acceptors (Lipinski definition) is 3. The molecule has 6 heteroatoms. The highest BCUT2D eigenvalue weighted by atomic mass is 19.1. The van der Waals surface area contributed by atoms with Crippen molar-refractivity contribution < 1.29 is 17.9 Å². The monoisotopic (exact) mass is 240 g/mol. The Balaban J connectivity index is 2.38. The largest absolute Gasteiger partial charge is 0.431 e. The normalized spacial score (nSPS) is 10.3. The van der Waals surface area contributed by atoms with Gasteiger partial charge < -0.3 is 10.5 Å². The van der Waals surface area contributed by atoms with E-state index < -0.39 is 23.3 Å². The first-order valence-corrected chi connectivity index (χ1v) is 4.61. The maximum Gasteiger partial charge on any atom is 0.256 e. The van der Waals surface area contributed by atoms with Crippen molar-refractivity contribution in [3.8, 4) is 11.6 Å². The fraction of sp³-hybridized carbons (Fsp3) is 0. The fourth-order valence-corrected chi connectivity index (χ4v) is 1.21. The molecular weight excluding hydrogens is 233 g/mol. The van der Waals surface area contributed by atoms with E-state index in [0.29, 0.717) is 6.07 Å². The van der Waals surface area contributed by atoms with Gasteiger partial charge in [-0.2, -0.15) is 0 Å². The van der Waals surface area contributed by atoms with Gasteiger partial charge in [0.15, 0.2) is 17.4 Å². The summed E-state index contributed by atoms with van der Waals surface area (Å²) in [5.74, 6) is -3.52. The van der Waals surface area contributed by atoms with Crippen LogP contribution in [0.5, 0.6) is 11.6 Å². The zero-order chi connectivity index (χ0) is 12.4. The van der Waals surface area contributed by atoms with E-state index in [4.69, 9.17) is 10.5 Å². The molecule has 0 saturated heterocycles. The van der Waals surface area contributed by atoms with Gasteiger partial charge in [-0.25, -0.2) is 18.2 Å². The smallest absolute Gasteiger partial charge is 0.256 e. The molecular formula is C11H7F3N2O. The van der Waals surface area contributed by atoms with E-state index in [-0.39, 0.29) is 11.4 Å². The molecule has 0 amide bonds. The quantitative estimate of drug-likeness (QED) is 0.821. The predicted molar refractivity (Wildman–Crippen MR) is 55.0 cm³/mol. The number of nitrogen functional groups attached to an aromatic ring is 1. The summed E-state index contributed by atoms with van der Waals surface area (Å²) in [6.07, 6.45) is 0.759. The van der Waals surface area contributed by atoms with Crippen molar-refractivity contribution in [1.29, 1.82) is 0 Å². The van der Waals surface area contributed by atoms with Crippen molar-refractivity contribution in [3.63, 3.8) is 0 Å². The lowest BCUT2D eigenvalue weighted by Gasteiger charge is -2.08. The number of rotatable bonds is 2. The maximum atomic E-state index is 13.3. The number of para-hydroxylation sites is 1. The van der Waals surface area contributed by atoms with Gasteiger partial charge in [0.1, 0.15) is 5.82 Å². The number of hydrogen-bond donors (Lipinski definition) is 1. The molecule has 3 nitrogen and oxygen atoms in total. The standard InChI is InChI=1S/C11H7F3N2O/c12-6-4-8(14)11(16-5-6)17-10-7(13)2-1-3-9(10)15/h1-5H,15H2. The van der Waals surface area contributed by atoms with Gasteiger partial charge in [0.05, 0.1) is 11.9 Å². The van der Waals surface area contributed by atoms with E-state index in [9.17, 15) is 13.2 Å². The van der Waals surface area contributed by atoms with Crippen molar-refractivity contribution in [1.82, 2.24) is 4.98 Å². The van der Waals surface area contributed by atoms with Gasteiger partial charge in [-0.3, -0.25) is 0 Å². The van der Waals surface area contributed by atoms with Crippen molar-refractivity contribution in [3.05, 3.63) is 47.9 Å². The van der Waals surface area contributed by atoms with Crippen LogP contribution in [0, 0.1) is 17.5 Å². The van der Waals surface area contributed by atoms with E-state index in [0.717, 1.165) is 12.3 Å². The van der Waals surface area contributed by atoms with Crippen molar-refractivity contribution in [2.24, 2.45) is 0 Å². The summed E-state index contributed by atoms with van der Waals surface area (Å²) in [6, 6.07) is 4.46. The summed E-state index contributed by atoms with van der Waals surface area (Å²) in [5.41, 5.74) is 5.46. The van der Waals surface area contributed by atoms with Gasteiger partial charge in [-0.05, 0) is 12.1 Å². The molecule has 0 saturated carbocycles.